The van der Waals surface area contributed by atoms with E-state index < -0.39 is 19.9 Å². The minimum absolute atomic E-state index is 0.0621. The molecule has 3 aromatic carbocycles. The second-order valence-corrected chi connectivity index (χ2v) is 14.1. The third kappa shape index (κ3) is 6.90. The van der Waals surface area contributed by atoms with E-state index in [0.29, 0.717) is 50.4 Å². The van der Waals surface area contributed by atoms with E-state index in [1.54, 1.807) is 12.1 Å². The number of piperazine rings is 1. The van der Waals surface area contributed by atoms with Crippen LogP contribution in [-0.4, -0.2) is 79.2 Å². The summed E-state index contributed by atoms with van der Waals surface area (Å²) in [6, 6.07) is 14.0. The Hall–Kier alpha value is -4.80. The van der Waals surface area contributed by atoms with E-state index in [4.69, 9.17) is 9.47 Å². The summed E-state index contributed by atoms with van der Waals surface area (Å²) in [5.41, 5.74) is 4.36. The molecule has 254 valence electrons. The maximum absolute atomic E-state index is 13.8. The number of nitrogens with zero attached hydrogens (tertiary/aromatic N) is 6. The summed E-state index contributed by atoms with van der Waals surface area (Å²) in [4.78, 5) is 26.6. The molecule has 2 atom stereocenters. The number of hydrazone groups is 1. The van der Waals surface area contributed by atoms with Crippen LogP contribution in [0, 0.1) is 26.1 Å². The molecule has 2 saturated heterocycles. The van der Waals surface area contributed by atoms with Gasteiger partial charge in [0.15, 0.2) is 11.5 Å². The summed E-state index contributed by atoms with van der Waals surface area (Å²) in [7, 11) is -4.10. The Labute approximate surface area is 278 Å². The Kier molecular flexibility index (Phi) is 9.48. The van der Waals surface area contributed by atoms with Crippen LogP contribution in [0.5, 0.6) is 11.5 Å². The van der Waals surface area contributed by atoms with Crippen molar-refractivity contribution in [3.05, 3.63) is 86.0 Å². The van der Waals surface area contributed by atoms with Crippen molar-refractivity contribution in [2.45, 2.75) is 44.2 Å². The lowest BCUT2D eigenvalue weighted by Gasteiger charge is -2.37. The van der Waals surface area contributed by atoms with Gasteiger partial charge in [-0.25, -0.2) is 8.42 Å². The van der Waals surface area contributed by atoms with E-state index in [1.165, 1.54) is 28.7 Å². The summed E-state index contributed by atoms with van der Waals surface area (Å²) in [5.74, 6) is 1.60. The molecule has 3 aliphatic rings. The van der Waals surface area contributed by atoms with Gasteiger partial charge in [0.05, 0.1) is 21.7 Å². The van der Waals surface area contributed by atoms with Crippen LogP contribution in [0.1, 0.15) is 37.8 Å². The zero-order chi connectivity index (χ0) is 34.0. The molecular formula is C32H37N7O8S. The fourth-order valence-electron chi connectivity index (χ4n) is 6.35. The van der Waals surface area contributed by atoms with Gasteiger partial charge in [0.1, 0.15) is 10.6 Å². The number of non-ortho nitro benzene ring substituents is 1. The average molecular weight is 680 g/mol. The molecule has 16 heteroatoms. The first-order valence-electron chi connectivity index (χ1n) is 15.7. The number of hydrogen-bond donors (Lipinski definition) is 1. The van der Waals surface area contributed by atoms with Crippen molar-refractivity contribution in [3.63, 3.8) is 0 Å². The highest BCUT2D eigenvalue weighted by Gasteiger charge is 2.36. The molecule has 0 radical (unpaired) electrons. The molecule has 0 spiro atoms. The Morgan fingerprint density at radius 1 is 0.938 bits per heavy atom. The summed E-state index contributed by atoms with van der Waals surface area (Å²) >= 11 is 0. The minimum Gasteiger partial charge on any atom is -0.454 e. The maximum atomic E-state index is 13.8. The van der Waals surface area contributed by atoms with Gasteiger partial charge in [-0.3, -0.25) is 30.6 Å². The van der Waals surface area contributed by atoms with Gasteiger partial charge in [-0.1, -0.05) is 19.1 Å². The molecule has 15 nitrogen and oxygen atoms in total. The van der Waals surface area contributed by atoms with Gasteiger partial charge in [0.2, 0.25) is 16.8 Å². The smallest absolute Gasteiger partial charge is 0.293 e. The first-order chi connectivity index (χ1) is 23.0. The number of ether oxygens (including phenoxy) is 2. The highest BCUT2D eigenvalue weighted by atomic mass is 32.2. The van der Waals surface area contributed by atoms with E-state index >= 15 is 0 Å². The van der Waals surface area contributed by atoms with Gasteiger partial charge in [0, 0.05) is 69.1 Å². The molecule has 0 aliphatic carbocycles. The van der Waals surface area contributed by atoms with Crippen LogP contribution < -0.4 is 19.8 Å². The predicted octanol–water partition coefficient (Wildman–Crippen LogP) is 4.81. The quantitative estimate of drug-likeness (QED) is 0.177. The first kappa shape index (κ1) is 33.1. The number of anilines is 2. The minimum atomic E-state index is -4.10. The van der Waals surface area contributed by atoms with Crippen LogP contribution in [0.3, 0.4) is 0 Å². The number of sulfonamides is 1. The normalized spacial score (nSPS) is 20.2. The number of fused-ring (bicyclic) bond motifs is 1. The molecule has 3 aromatic rings. The number of nitro benzene ring substituents is 2. The van der Waals surface area contributed by atoms with Crippen molar-refractivity contribution >= 4 is 39.0 Å². The first-order valence-corrected chi connectivity index (χ1v) is 17.2. The van der Waals surface area contributed by atoms with E-state index in [1.807, 2.05) is 36.9 Å². The Morgan fingerprint density at radius 3 is 2.46 bits per heavy atom. The van der Waals surface area contributed by atoms with Gasteiger partial charge in [0.25, 0.3) is 11.4 Å². The lowest BCUT2D eigenvalue weighted by Crippen LogP contribution is -2.46. The highest BCUT2D eigenvalue weighted by Crippen LogP contribution is 2.35. The lowest BCUT2D eigenvalue weighted by molar-refractivity contribution is -0.385. The lowest BCUT2D eigenvalue weighted by atomic mass is 9.94. The van der Waals surface area contributed by atoms with Crippen LogP contribution in [0.4, 0.5) is 22.7 Å². The Balaban J connectivity index is 1.15. The fraction of sp³-hybridized carbons (Fsp3) is 0.406. The predicted molar refractivity (Wildman–Crippen MR) is 179 cm³/mol. The summed E-state index contributed by atoms with van der Waals surface area (Å²) in [5, 5.41) is 27.8. The van der Waals surface area contributed by atoms with E-state index in [0.717, 1.165) is 36.1 Å². The van der Waals surface area contributed by atoms with Gasteiger partial charge in [-0.2, -0.15) is 9.41 Å². The van der Waals surface area contributed by atoms with Crippen molar-refractivity contribution in [2.24, 2.45) is 11.0 Å². The standard InChI is InChI=1S/C32H37N7O8S/c1-22-4-3-11-37(23(22)2)48(44,45)32-18-26(38(40)41)7-8-27(32)34-33-19-24-5-9-28(29(16-24)39(42)43)36-14-12-35(13-15-36)20-25-6-10-30-31(17-25)47-21-46-30/h5-10,16-19,22-23,34H,3-4,11-15,20-21H2,1-2H3/b33-19-/t22-,23-/m1/s1. The molecule has 1 N–H and O–H groups in total. The van der Waals surface area contributed by atoms with E-state index in [-0.39, 0.29) is 40.7 Å². The van der Waals surface area contributed by atoms with Crippen LogP contribution in [0.25, 0.3) is 0 Å². The Morgan fingerprint density at radius 2 is 1.71 bits per heavy atom. The van der Waals surface area contributed by atoms with Gasteiger partial charge in [-0.05, 0) is 55.5 Å². The van der Waals surface area contributed by atoms with Crippen molar-refractivity contribution in [1.29, 1.82) is 0 Å². The number of nitro groups is 2. The molecule has 2 fully saturated rings. The zero-order valence-electron chi connectivity index (χ0n) is 26.6. The number of rotatable bonds is 10. The van der Waals surface area contributed by atoms with Gasteiger partial charge in [-0.15, -0.1) is 0 Å². The summed E-state index contributed by atoms with van der Waals surface area (Å²) in [6.45, 7) is 7.71. The third-order valence-corrected chi connectivity index (χ3v) is 11.3. The van der Waals surface area contributed by atoms with Gasteiger partial charge >= 0.3 is 0 Å². The van der Waals surface area contributed by atoms with E-state index in [2.05, 4.69) is 15.4 Å². The zero-order valence-corrected chi connectivity index (χ0v) is 27.5. The second kappa shape index (κ2) is 13.7. The summed E-state index contributed by atoms with van der Waals surface area (Å²) in [6.07, 6.45) is 2.93. The molecule has 0 saturated carbocycles. The molecule has 0 unspecified atom stereocenters. The topological polar surface area (TPSA) is 173 Å². The highest BCUT2D eigenvalue weighted by molar-refractivity contribution is 7.89. The van der Waals surface area contributed by atoms with Gasteiger partial charge < -0.3 is 14.4 Å². The monoisotopic (exact) mass is 679 g/mol. The number of piperidine rings is 1. The molecule has 0 bridgehead atoms. The van der Waals surface area contributed by atoms with Crippen molar-refractivity contribution in [3.8, 4) is 11.5 Å². The van der Waals surface area contributed by atoms with E-state index in [9.17, 15) is 28.6 Å². The third-order valence-electron chi connectivity index (χ3n) is 9.23. The maximum Gasteiger partial charge on any atom is 0.293 e. The molecule has 3 heterocycles. The van der Waals surface area contributed by atoms with Crippen LogP contribution >= 0.6 is 0 Å². The molecule has 3 aliphatic heterocycles. The number of hydrogen-bond acceptors (Lipinski definition) is 12. The molecule has 48 heavy (non-hydrogen) atoms. The van der Waals surface area contributed by atoms with Crippen LogP contribution in [0.2, 0.25) is 0 Å². The van der Waals surface area contributed by atoms with Crippen LogP contribution in [0.15, 0.2) is 64.6 Å². The number of nitrogens with one attached hydrogen (secondary N) is 1. The van der Waals surface area contributed by atoms with Crippen molar-refractivity contribution < 1.29 is 27.7 Å². The SMILES string of the molecule is C[C@@H]1CCCN(S(=O)(=O)c2cc([N+](=O)[O-])ccc2N/N=C\c2ccc(N3CCN(Cc4ccc5c(c4)OCO5)CC3)c([N+](=O)[O-])c2)[C@@H]1C. The second-order valence-electron chi connectivity index (χ2n) is 12.2. The Bertz CT molecular complexity index is 1850. The van der Waals surface area contributed by atoms with Crippen LogP contribution in [-0.2, 0) is 16.6 Å². The molecule has 0 aromatic heterocycles. The summed E-state index contributed by atoms with van der Waals surface area (Å²) < 4.78 is 39.8. The largest absolute Gasteiger partial charge is 0.454 e. The van der Waals surface area contributed by atoms with Crippen molar-refractivity contribution in [1.82, 2.24) is 9.21 Å². The van der Waals surface area contributed by atoms with Crippen molar-refractivity contribution in [2.75, 3.05) is 49.8 Å². The number of benzene rings is 3. The fourth-order valence-corrected chi connectivity index (χ4v) is 8.28. The molecule has 0 amide bonds. The molecular weight excluding hydrogens is 642 g/mol. The molecule has 6 rings (SSSR count). The average Bonchev–Trinajstić information content (AvgIpc) is 3.54.